The number of rotatable bonds is 3. The predicted octanol–water partition coefficient (Wildman–Crippen LogP) is 4.15. The molecule has 0 bridgehead atoms. The summed E-state index contributed by atoms with van der Waals surface area (Å²) in [5.74, 6) is 0.761. The zero-order valence-corrected chi connectivity index (χ0v) is 10.5. The molecule has 0 fully saturated rings. The van der Waals surface area contributed by atoms with Crippen molar-refractivity contribution in [2.45, 2.75) is 45.6 Å². The lowest BCUT2D eigenvalue weighted by molar-refractivity contribution is -0.0511. The summed E-state index contributed by atoms with van der Waals surface area (Å²) in [6, 6.07) is 5.46. The van der Waals surface area contributed by atoms with Crippen LogP contribution in [0.5, 0.6) is 5.75 Å². The van der Waals surface area contributed by atoms with Crippen LogP contribution in [0.4, 0.5) is 8.78 Å². The van der Waals surface area contributed by atoms with Gasteiger partial charge in [0.15, 0.2) is 0 Å². The highest BCUT2D eigenvalue weighted by molar-refractivity contribution is 5.49. The van der Waals surface area contributed by atoms with Gasteiger partial charge in [0.05, 0.1) is 0 Å². The van der Waals surface area contributed by atoms with E-state index in [1.165, 1.54) is 0 Å². The number of alkyl halides is 2. The van der Waals surface area contributed by atoms with Crippen LogP contribution in [0, 0.1) is 5.92 Å². The lowest BCUT2D eigenvalue weighted by Gasteiger charge is -2.31. The predicted molar refractivity (Wildman–Crippen MR) is 63.6 cm³/mol. The van der Waals surface area contributed by atoms with Gasteiger partial charge in [-0.3, -0.25) is 0 Å². The Morgan fingerprint density at radius 3 is 2.59 bits per heavy atom. The number of hydrogen-bond acceptors (Lipinski definition) is 1. The third kappa shape index (κ3) is 2.03. The molecule has 0 amide bonds. The summed E-state index contributed by atoms with van der Waals surface area (Å²) in [6.07, 6.45) is 1.95. The summed E-state index contributed by atoms with van der Waals surface area (Å²) < 4.78 is 29.5. The van der Waals surface area contributed by atoms with Gasteiger partial charge in [0, 0.05) is 5.56 Å². The Morgan fingerprint density at radius 2 is 2.00 bits per heavy atom. The van der Waals surface area contributed by atoms with Gasteiger partial charge in [-0.2, -0.15) is 8.78 Å². The van der Waals surface area contributed by atoms with Gasteiger partial charge in [-0.05, 0) is 35.8 Å². The first-order valence-electron chi connectivity index (χ1n) is 6.02. The van der Waals surface area contributed by atoms with E-state index in [2.05, 4.69) is 25.5 Å². The molecule has 1 unspecified atom stereocenters. The highest BCUT2D eigenvalue weighted by Gasteiger charge is 2.39. The molecular formula is C14H18F2O. The molecule has 0 spiro atoms. The maximum atomic E-state index is 12.4. The van der Waals surface area contributed by atoms with E-state index in [-0.39, 0.29) is 5.41 Å². The molecular weight excluding hydrogens is 222 g/mol. The van der Waals surface area contributed by atoms with Crippen molar-refractivity contribution in [1.82, 2.24) is 0 Å². The molecule has 0 aromatic heterocycles. The summed E-state index contributed by atoms with van der Waals surface area (Å²) in [4.78, 5) is 0. The zero-order valence-electron chi connectivity index (χ0n) is 10.5. The van der Waals surface area contributed by atoms with Gasteiger partial charge in [0.2, 0.25) is 0 Å². The Hall–Kier alpha value is -1.12. The standard InChI is InChI=1S/C14H18F2O/c1-9(2)14(3)8-7-10-5-4-6-11(12(10)14)17-13(15)16/h4-6,9,13H,7-8H2,1-3H3. The molecule has 0 aliphatic heterocycles. The monoisotopic (exact) mass is 240 g/mol. The summed E-state index contributed by atoms with van der Waals surface area (Å²) in [5, 5.41) is 0. The lowest BCUT2D eigenvalue weighted by Crippen LogP contribution is -2.26. The Bertz CT molecular complexity index is 415. The van der Waals surface area contributed by atoms with Crippen molar-refractivity contribution in [2.75, 3.05) is 0 Å². The summed E-state index contributed by atoms with van der Waals surface area (Å²) in [7, 11) is 0. The second-order valence-corrected chi connectivity index (χ2v) is 5.24. The van der Waals surface area contributed by atoms with E-state index in [0.29, 0.717) is 11.7 Å². The smallest absolute Gasteiger partial charge is 0.387 e. The molecule has 1 aromatic rings. The van der Waals surface area contributed by atoms with Crippen LogP contribution in [-0.2, 0) is 11.8 Å². The van der Waals surface area contributed by atoms with E-state index in [9.17, 15) is 8.78 Å². The van der Waals surface area contributed by atoms with Crippen molar-refractivity contribution in [3.63, 3.8) is 0 Å². The van der Waals surface area contributed by atoms with E-state index in [4.69, 9.17) is 0 Å². The normalized spacial score (nSPS) is 23.2. The maximum absolute atomic E-state index is 12.4. The summed E-state index contributed by atoms with van der Waals surface area (Å²) in [5.41, 5.74) is 2.08. The minimum atomic E-state index is -2.75. The number of hydrogen-bond donors (Lipinski definition) is 0. The van der Waals surface area contributed by atoms with Crippen molar-refractivity contribution < 1.29 is 13.5 Å². The van der Waals surface area contributed by atoms with E-state index in [1.54, 1.807) is 12.1 Å². The van der Waals surface area contributed by atoms with Crippen LogP contribution in [0.1, 0.15) is 38.3 Å². The van der Waals surface area contributed by atoms with E-state index >= 15 is 0 Å². The minimum Gasteiger partial charge on any atom is -0.435 e. The van der Waals surface area contributed by atoms with Crippen LogP contribution in [0.15, 0.2) is 18.2 Å². The second-order valence-electron chi connectivity index (χ2n) is 5.24. The van der Waals surface area contributed by atoms with Crippen molar-refractivity contribution >= 4 is 0 Å². The first-order chi connectivity index (χ1) is 7.95. The Kier molecular flexibility index (Phi) is 3.11. The third-order valence-corrected chi connectivity index (χ3v) is 4.09. The number of fused-ring (bicyclic) bond motifs is 1. The first kappa shape index (κ1) is 12.3. The van der Waals surface area contributed by atoms with Gasteiger partial charge in [0.1, 0.15) is 5.75 Å². The molecule has 1 aliphatic rings. The van der Waals surface area contributed by atoms with Crippen molar-refractivity contribution in [2.24, 2.45) is 5.92 Å². The molecule has 3 heteroatoms. The maximum Gasteiger partial charge on any atom is 0.387 e. The fourth-order valence-corrected chi connectivity index (χ4v) is 2.72. The Balaban J connectivity index is 2.48. The molecule has 94 valence electrons. The SMILES string of the molecule is CC(C)C1(C)CCc2cccc(OC(F)F)c21. The summed E-state index contributed by atoms with van der Waals surface area (Å²) in [6.45, 7) is 3.66. The van der Waals surface area contributed by atoms with Crippen molar-refractivity contribution in [1.29, 1.82) is 0 Å². The Labute approximate surface area is 101 Å². The van der Waals surface area contributed by atoms with Crippen molar-refractivity contribution in [3.05, 3.63) is 29.3 Å². The van der Waals surface area contributed by atoms with Crippen molar-refractivity contribution in [3.8, 4) is 5.75 Å². The number of halogens is 2. The molecule has 2 rings (SSSR count). The van der Waals surface area contributed by atoms with Gasteiger partial charge in [-0.15, -0.1) is 0 Å². The first-order valence-corrected chi connectivity index (χ1v) is 6.02. The highest BCUT2D eigenvalue weighted by Crippen LogP contribution is 2.48. The molecule has 1 atom stereocenters. The minimum absolute atomic E-state index is 0.0547. The summed E-state index contributed by atoms with van der Waals surface area (Å²) >= 11 is 0. The number of ether oxygens (including phenoxy) is 1. The molecule has 0 N–H and O–H groups in total. The average Bonchev–Trinajstić information content (AvgIpc) is 2.58. The molecule has 0 radical (unpaired) electrons. The van der Waals surface area contributed by atoms with E-state index in [1.807, 2.05) is 6.07 Å². The van der Waals surface area contributed by atoms with Crippen LogP contribution in [0.2, 0.25) is 0 Å². The molecule has 17 heavy (non-hydrogen) atoms. The van der Waals surface area contributed by atoms with E-state index in [0.717, 1.165) is 24.0 Å². The van der Waals surface area contributed by atoms with Gasteiger partial charge in [-0.25, -0.2) is 0 Å². The molecule has 0 heterocycles. The lowest BCUT2D eigenvalue weighted by atomic mass is 9.74. The fraction of sp³-hybridized carbons (Fsp3) is 0.571. The van der Waals surface area contributed by atoms with Gasteiger partial charge in [-0.1, -0.05) is 32.9 Å². The third-order valence-electron chi connectivity index (χ3n) is 4.09. The average molecular weight is 240 g/mol. The molecule has 1 nitrogen and oxygen atoms in total. The Morgan fingerprint density at radius 1 is 1.29 bits per heavy atom. The number of benzene rings is 1. The molecule has 0 saturated carbocycles. The molecule has 1 aliphatic carbocycles. The fourth-order valence-electron chi connectivity index (χ4n) is 2.72. The molecule has 0 saturated heterocycles. The van der Waals surface area contributed by atoms with Crippen LogP contribution in [0.3, 0.4) is 0 Å². The zero-order chi connectivity index (χ0) is 12.6. The van der Waals surface area contributed by atoms with Gasteiger partial charge < -0.3 is 4.74 Å². The van der Waals surface area contributed by atoms with Crippen LogP contribution in [0.25, 0.3) is 0 Å². The quantitative estimate of drug-likeness (QED) is 0.771. The topological polar surface area (TPSA) is 9.23 Å². The van der Waals surface area contributed by atoms with Gasteiger partial charge in [0.25, 0.3) is 0 Å². The number of aryl methyl sites for hydroxylation is 1. The van der Waals surface area contributed by atoms with Gasteiger partial charge >= 0.3 is 6.61 Å². The van der Waals surface area contributed by atoms with E-state index < -0.39 is 6.61 Å². The van der Waals surface area contributed by atoms with Crippen LogP contribution < -0.4 is 4.74 Å². The second kappa shape index (κ2) is 4.28. The molecule has 1 aromatic carbocycles. The largest absolute Gasteiger partial charge is 0.435 e. The van der Waals surface area contributed by atoms with Crippen LogP contribution in [-0.4, -0.2) is 6.61 Å². The van der Waals surface area contributed by atoms with Crippen LogP contribution >= 0.6 is 0 Å². The highest BCUT2D eigenvalue weighted by atomic mass is 19.3.